The molecule has 0 amide bonds. The fourth-order valence-electron chi connectivity index (χ4n) is 1.29. The van der Waals surface area contributed by atoms with Crippen molar-refractivity contribution in [3.8, 4) is 0 Å². The van der Waals surface area contributed by atoms with Gasteiger partial charge >= 0.3 is 0 Å². The number of hydrogen-bond acceptors (Lipinski definition) is 2. The molecule has 0 aromatic heterocycles. The number of halogens is 2. The van der Waals surface area contributed by atoms with Gasteiger partial charge in [0.1, 0.15) is 0 Å². The van der Waals surface area contributed by atoms with Gasteiger partial charge in [-0.3, -0.25) is 4.39 Å². The van der Waals surface area contributed by atoms with Crippen molar-refractivity contribution in [3.63, 3.8) is 0 Å². The first-order valence-electron chi connectivity index (χ1n) is 5.24. The van der Waals surface area contributed by atoms with E-state index < -0.39 is 12.5 Å². The van der Waals surface area contributed by atoms with Gasteiger partial charge in [-0.1, -0.05) is 32.1 Å². The maximum Gasteiger partial charge on any atom is 0.183 e. The Labute approximate surface area is 83.9 Å². The van der Waals surface area contributed by atoms with E-state index in [1.807, 2.05) is 0 Å². The molecule has 0 fully saturated rings. The number of aliphatic hydroxyl groups is 2. The second-order valence-electron chi connectivity index (χ2n) is 3.53. The van der Waals surface area contributed by atoms with Crippen molar-refractivity contribution in [1.82, 2.24) is 0 Å². The van der Waals surface area contributed by atoms with Crippen LogP contribution in [0.25, 0.3) is 0 Å². The van der Waals surface area contributed by atoms with Crippen molar-refractivity contribution >= 4 is 0 Å². The van der Waals surface area contributed by atoms with Crippen LogP contribution in [0.5, 0.6) is 0 Å². The van der Waals surface area contributed by atoms with Crippen molar-refractivity contribution in [1.29, 1.82) is 0 Å². The molecule has 0 saturated heterocycles. The minimum absolute atomic E-state index is 0.195. The summed E-state index contributed by atoms with van der Waals surface area (Å²) in [5.41, 5.74) is 0. The van der Waals surface area contributed by atoms with E-state index in [9.17, 15) is 8.78 Å². The molecule has 0 radical (unpaired) electrons. The first-order valence-corrected chi connectivity index (χ1v) is 5.24. The van der Waals surface area contributed by atoms with Gasteiger partial charge in [0.05, 0.1) is 6.67 Å². The van der Waals surface area contributed by atoms with Gasteiger partial charge in [0.15, 0.2) is 12.5 Å². The first-order chi connectivity index (χ1) is 6.68. The van der Waals surface area contributed by atoms with E-state index in [-0.39, 0.29) is 13.1 Å². The second kappa shape index (κ2) is 9.34. The van der Waals surface area contributed by atoms with Gasteiger partial charge in [-0.05, 0) is 12.8 Å². The Kier molecular flexibility index (Phi) is 9.19. The Morgan fingerprint density at radius 3 is 1.86 bits per heavy atom. The average Bonchev–Trinajstić information content (AvgIpc) is 2.16. The van der Waals surface area contributed by atoms with Crippen LogP contribution in [0.15, 0.2) is 0 Å². The first kappa shape index (κ1) is 13.8. The summed E-state index contributed by atoms with van der Waals surface area (Å²) >= 11 is 0. The normalized spacial score (nSPS) is 13.5. The Balaban J connectivity index is 3.06. The summed E-state index contributed by atoms with van der Waals surface area (Å²) in [5, 5.41) is 16.9. The molecule has 0 aromatic rings. The number of aliphatic hydroxyl groups excluding tert-OH is 1. The number of alkyl halides is 2. The zero-order valence-electron chi connectivity index (χ0n) is 8.46. The Morgan fingerprint density at radius 1 is 0.857 bits per heavy atom. The fraction of sp³-hybridized carbons (Fsp3) is 1.00. The molecule has 14 heavy (non-hydrogen) atoms. The highest BCUT2D eigenvalue weighted by atomic mass is 19.1. The summed E-state index contributed by atoms with van der Waals surface area (Å²) in [6, 6.07) is 0. The molecule has 0 spiro atoms. The Hall–Kier alpha value is -0.220. The molecule has 0 heterocycles. The predicted octanol–water partition coefficient (Wildman–Crippen LogP) is 2.34. The van der Waals surface area contributed by atoms with Crippen molar-refractivity contribution in [2.75, 3.05) is 6.67 Å². The largest absolute Gasteiger partial charge is 0.366 e. The zero-order chi connectivity index (χ0) is 10.8. The van der Waals surface area contributed by atoms with Crippen molar-refractivity contribution in [2.45, 2.75) is 57.4 Å². The van der Waals surface area contributed by atoms with E-state index >= 15 is 0 Å². The van der Waals surface area contributed by atoms with Crippen LogP contribution in [0.4, 0.5) is 8.78 Å². The van der Waals surface area contributed by atoms with Gasteiger partial charge in [-0.15, -0.1) is 0 Å². The van der Waals surface area contributed by atoms with Crippen LogP contribution in [-0.2, 0) is 0 Å². The molecular formula is C10H20F2O2. The van der Waals surface area contributed by atoms with Gasteiger partial charge in [0.2, 0.25) is 0 Å². The standard InChI is InChI=1S/C10H20F2O2/c11-8-6-4-2-1-3-5-7-9(12)10(13)14/h9-10,13-14H,1-8H2. The van der Waals surface area contributed by atoms with Gasteiger partial charge < -0.3 is 10.2 Å². The quantitative estimate of drug-likeness (QED) is 0.453. The zero-order valence-corrected chi connectivity index (χ0v) is 8.46. The maximum atomic E-state index is 12.6. The molecule has 1 atom stereocenters. The van der Waals surface area contributed by atoms with Crippen LogP contribution < -0.4 is 0 Å². The summed E-state index contributed by atoms with van der Waals surface area (Å²) in [7, 11) is 0. The molecule has 0 rings (SSSR count). The van der Waals surface area contributed by atoms with Crippen molar-refractivity contribution < 1.29 is 19.0 Å². The van der Waals surface area contributed by atoms with Gasteiger partial charge in [-0.2, -0.15) is 0 Å². The lowest BCUT2D eigenvalue weighted by Gasteiger charge is -2.09. The van der Waals surface area contributed by atoms with Crippen molar-refractivity contribution in [3.05, 3.63) is 0 Å². The lowest BCUT2D eigenvalue weighted by molar-refractivity contribution is -0.0956. The third kappa shape index (κ3) is 8.38. The lowest BCUT2D eigenvalue weighted by atomic mass is 10.1. The molecule has 1 unspecified atom stereocenters. The molecular weight excluding hydrogens is 190 g/mol. The van der Waals surface area contributed by atoms with E-state index in [0.717, 1.165) is 25.7 Å². The third-order valence-electron chi connectivity index (χ3n) is 2.19. The topological polar surface area (TPSA) is 40.5 Å². The summed E-state index contributed by atoms with van der Waals surface area (Å²) < 4.78 is 24.3. The lowest BCUT2D eigenvalue weighted by Crippen LogP contribution is -2.20. The van der Waals surface area contributed by atoms with Gasteiger partial charge in [0, 0.05) is 0 Å². The van der Waals surface area contributed by atoms with Crippen LogP contribution in [0.2, 0.25) is 0 Å². The molecule has 0 bridgehead atoms. The van der Waals surface area contributed by atoms with E-state index in [1.165, 1.54) is 0 Å². The summed E-state index contributed by atoms with van der Waals surface area (Å²) in [4.78, 5) is 0. The van der Waals surface area contributed by atoms with E-state index in [1.54, 1.807) is 0 Å². The minimum Gasteiger partial charge on any atom is -0.366 e. The molecule has 4 heteroatoms. The van der Waals surface area contributed by atoms with Crippen LogP contribution in [0.3, 0.4) is 0 Å². The number of unbranched alkanes of at least 4 members (excludes halogenated alkanes) is 5. The molecule has 0 aliphatic carbocycles. The highest BCUT2D eigenvalue weighted by Gasteiger charge is 2.13. The summed E-state index contributed by atoms with van der Waals surface area (Å²) in [6.07, 6.45) is 1.80. The molecule has 86 valence electrons. The number of hydrogen-bond donors (Lipinski definition) is 2. The van der Waals surface area contributed by atoms with Gasteiger partial charge in [-0.25, -0.2) is 4.39 Å². The fourth-order valence-corrected chi connectivity index (χ4v) is 1.29. The van der Waals surface area contributed by atoms with Gasteiger partial charge in [0.25, 0.3) is 0 Å². The molecule has 2 nitrogen and oxygen atoms in total. The molecule has 0 aromatic carbocycles. The molecule has 0 aliphatic heterocycles. The number of rotatable bonds is 9. The molecule has 2 N–H and O–H groups in total. The Morgan fingerprint density at radius 2 is 1.36 bits per heavy atom. The summed E-state index contributed by atoms with van der Waals surface area (Å²) in [6.45, 7) is -0.261. The third-order valence-corrected chi connectivity index (χ3v) is 2.19. The molecule has 0 saturated carbocycles. The highest BCUT2D eigenvalue weighted by Crippen LogP contribution is 2.11. The highest BCUT2D eigenvalue weighted by molar-refractivity contribution is 4.57. The van der Waals surface area contributed by atoms with Crippen molar-refractivity contribution in [2.24, 2.45) is 0 Å². The monoisotopic (exact) mass is 210 g/mol. The minimum atomic E-state index is -1.85. The van der Waals surface area contributed by atoms with E-state index in [0.29, 0.717) is 12.8 Å². The molecule has 0 aliphatic rings. The van der Waals surface area contributed by atoms with Crippen LogP contribution in [0, 0.1) is 0 Å². The van der Waals surface area contributed by atoms with E-state index in [2.05, 4.69) is 0 Å². The van der Waals surface area contributed by atoms with E-state index in [4.69, 9.17) is 10.2 Å². The second-order valence-corrected chi connectivity index (χ2v) is 3.53. The predicted molar refractivity (Wildman–Crippen MR) is 51.4 cm³/mol. The smallest absolute Gasteiger partial charge is 0.183 e. The van der Waals surface area contributed by atoms with Crippen LogP contribution >= 0.6 is 0 Å². The Bertz CT molecular complexity index is 121. The SMILES string of the molecule is OC(O)C(F)CCCCCCCCF. The summed E-state index contributed by atoms with van der Waals surface area (Å²) in [5.74, 6) is 0. The van der Waals surface area contributed by atoms with Crippen LogP contribution in [0.1, 0.15) is 44.9 Å². The van der Waals surface area contributed by atoms with Crippen LogP contribution in [-0.4, -0.2) is 29.3 Å². The maximum absolute atomic E-state index is 12.6. The average molecular weight is 210 g/mol.